The summed E-state index contributed by atoms with van der Waals surface area (Å²) < 4.78 is 0. The van der Waals surface area contributed by atoms with E-state index in [0.29, 0.717) is 5.41 Å². The van der Waals surface area contributed by atoms with E-state index in [1.165, 1.54) is 38.8 Å². The van der Waals surface area contributed by atoms with Crippen molar-refractivity contribution < 1.29 is 0 Å². The molecule has 0 spiro atoms. The number of hydrogen-bond donors (Lipinski definition) is 1. The normalized spacial score (nSPS) is 29.2. The van der Waals surface area contributed by atoms with Crippen molar-refractivity contribution in [1.82, 2.24) is 10.2 Å². The topological polar surface area (TPSA) is 15.3 Å². The summed E-state index contributed by atoms with van der Waals surface area (Å²) in [5.41, 5.74) is 0.431. The van der Waals surface area contributed by atoms with Crippen molar-refractivity contribution in [2.24, 2.45) is 11.3 Å². The standard InChI is InChI=1S/C16H34N2/c1-6-10-17-12-16(5,7-2)13-18-11-8-9-14(3)15(18)4/h14-15,17H,6-13H2,1-5H3. The zero-order valence-electron chi connectivity index (χ0n) is 13.3. The fourth-order valence-corrected chi connectivity index (χ4v) is 2.99. The molecule has 2 heteroatoms. The van der Waals surface area contributed by atoms with Crippen LogP contribution in [0.2, 0.25) is 0 Å². The molecule has 0 amide bonds. The molecule has 0 aromatic carbocycles. The Kier molecular flexibility index (Phi) is 6.65. The molecule has 2 nitrogen and oxygen atoms in total. The van der Waals surface area contributed by atoms with Gasteiger partial charge in [-0.25, -0.2) is 0 Å². The third-order valence-corrected chi connectivity index (χ3v) is 4.92. The van der Waals surface area contributed by atoms with Crippen molar-refractivity contribution in [3.05, 3.63) is 0 Å². The predicted molar refractivity (Wildman–Crippen MR) is 81.0 cm³/mol. The average Bonchev–Trinajstić information content (AvgIpc) is 2.35. The van der Waals surface area contributed by atoms with E-state index in [9.17, 15) is 0 Å². The van der Waals surface area contributed by atoms with Crippen molar-refractivity contribution in [2.45, 2.75) is 66.3 Å². The summed E-state index contributed by atoms with van der Waals surface area (Å²) in [6.45, 7) is 16.7. The van der Waals surface area contributed by atoms with Crippen molar-refractivity contribution in [1.29, 1.82) is 0 Å². The summed E-state index contributed by atoms with van der Waals surface area (Å²) in [5, 5.41) is 3.62. The zero-order chi connectivity index (χ0) is 13.6. The summed E-state index contributed by atoms with van der Waals surface area (Å²) in [6, 6.07) is 0.760. The first-order valence-corrected chi connectivity index (χ1v) is 7.97. The van der Waals surface area contributed by atoms with E-state index >= 15 is 0 Å². The van der Waals surface area contributed by atoms with Crippen molar-refractivity contribution in [2.75, 3.05) is 26.2 Å². The number of piperidine rings is 1. The van der Waals surface area contributed by atoms with E-state index in [4.69, 9.17) is 0 Å². The fourth-order valence-electron chi connectivity index (χ4n) is 2.99. The highest BCUT2D eigenvalue weighted by atomic mass is 15.2. The van der Waals surface area contributed by atoms with Crippen LogP contribution in [0.1, 0.15) is 60.3 Å². The van der Waals surface area contributed by atoms with E-state index in [-0.39, 0.29) is 0 Å². The van der Waals surface area contributed by atoms with Gasteiger partial charge in [-0.2, -0.15) is 0 Å². The molecule has 1 heterocycles. The monoisotopic (exact) mass is 254 g/mol. The highest BCUT2D eigenvalue weighted by Crippen LogP contribution is 2.28. The van der Waals surface area contributed by atoms with Crippen molar-refractivity contribution in [3.63, 3.8) is 0 Å². The fraction of sp³-hybridized carbons (Fsp3) is 1.00. The first-order chi connectivity index (χ1) is 8.52. The lowest BCUT2D eigenvalue weighted by atomic mass is 9.83. The molecular weight excluding hydrogens is 220 g/mol. The first kappa shape index (κ1) is 16.0. The Bertz CT molecular complexity index is 229. The number of nitrogens with zero attached hydrogens (tertiary/aromatic N) is 1. The molecule has 18 heavy (non-hydrogen) atoms. The second-order valence-corrected chi connectivity index (χ2v) is 6.67. The molecule has 0 aromatic rings. The number of nitrogens with one attached hydrogen (secondary N) is 1. The zero-order valence-corrected chi connectivity index (χ0v) is 13.3. The molecule has 1 aliphatic heterocycles. The molecule has 1 fully saturated rings. The van der Waals surface area contributed by atoms with Gasteiger partial charge in [-0.3, -0.25) is 4.90 Å². The highest BCUT2D eigenvalue weighted by molar-refractivity contribution is 4.85. The summed E-state index contributed by atoms with van der Waals surface area (Å²) in [7, 11) is 0. The van der Waals surface area contributed by atoms with Crippen LogP contribution in [-0.4, -0.2) is 37.1 Å². The van der Waals surface area contributed by atoms with Gasteiger partial charge >= 0.3 is 0 Å². The minimum atomic E-state index is 0.431. The van der Waals surface area contributed by atoms with Gasteiger partial charge in [0.25, 0.3) is 0 Å². The molecular formula is C16H34N2. The van der Waals surface area contributed by atoms with Crippen LogP contribution in [-0.2, 0) is 0 Å². The maximum atomic E-state index is 3.62. The molecule has 0 aliphatic carbocycles. The van der Waals surface area contributed by atoms with Gasteiger partial charge in [0.2, 0.25) is 0 Å². The second kappa shape index (κ2) is 7.49. The van der Waals surface area contributed by atoms with Crippen LogP contribution in [0.25, 0.3) is 0 Å². The van der Waals surface area contributed by atoms with E-state index in [1.807, 2.05) is 0 Å². The smallest absolute Gasteiger partial charge is 0.00928 e. The Morgan fingerprint density at radius 1 is 1.28 bits per heavy atom. The summed E-state index contributed by atoms with van der Waals surface area (Å²) in [4.78, 5) is 2.73. The number of hydrogen-bond acceptors (Lipinski definition) is 2. The molecule has 0 bridgehead atoms. The summed E-state index contributed by atoms with van der Waals surface area (Å²) in [5.74, 6) is 0.864. The van der Waals surface area contributed by atoms with Gasteiger partial charge in [0.1, 0.15) is 0 Å². The minimum absolute atomic E-state index is 0.431. The Balaban J connectivity index is 2.49. The van der Waals surface area contributed by atoms with Gasteiger partial charge in [0, 0.05) is 19.1 Å². The first-order valence-electron chi connectivity index (χ1n) is 7.97. The Morgan fingerprint density at radius 3 is 2.61 bits per heavy atom. The van der Waals surface area contributed by atoms with Crippen LogP contribution in [0.15, 0.2) is 0 Å². The Hall–Kier alpha value is -0.0800. The van der Waals surface area contributed by atoms with Crippen molar-refractivity contribution >= 4 is 0 Å². The third-order valence-electron chi connectivity index (χ3n) is 4.92. The molecule has 3 atom stereocenters. The Morgan fingerprint density at radius 2 is 2.00 bits per heavy atom. The van der Waals surface area contributed by atoms with Crippen LogP contribution in [0, 0.1) is 11.3 Å². The lowest BCUT2D eigenvalue weighted by Crippen LogP contribution is -2.49. The maximum absolute atomic E-state index is 3.62. The largest absolute Gasteiger partial charge is 0.316 e. The van der Waals surface area contributed by atoms with Crippen molar-refractivity contribution in [3.8, 4) is 0 Å². The van der Waals surface area contributed by atoms with Gasteiger partial charge < -0.3 is 5.32 Å². The summed E-state index contributed by atoms with van der Waals surface area (Å²) >= 11 is 0. The van der Waals surface area contributed by atoms with Gasteiger partial charge in [-0.05, 0) is 57.0 Å². The molecule has 0 radical (unpaired) electrons. The van der Waals surface area contributed by atoms with E-state index < -0.39 is 0 Å². The predicted octanol–water partition coefficient (Wildman–Crippen LogP) is 3.52. The van der Waals surface area contributed by atoms with Gasteiger partial charge in [0.05, 0.1) is 0 Å². The molecule has 108 valence electrons. The Labute approximate surface area is 115 Å². The molecule has 1 N–H and O–H groups in total. The van der Waals surface area contributed by atoms with Crippen LogP contribution in [0.3, 0.4) is 0 Å². The molecule has 3 unspecified atom stereocenters. The third kappa shape index (κ3) is 4.55. The number of likely N-dealkylation sites (tertiary alicyclic amines) is 1. The van der Waals surface area contributed by atoms with Crippen LogP contribution in [0.5, 0.6) is 0 Å². The molecule has 0 aromatic heterocycles. The van der Waals surface area contributed by atoms with Crippen LogP contribution in [0.4, 0.5) is 0 Å². The maximum Gasteiger partial charge on any atom is 0.00928 e. The summed E-state index contributed by atoms with van der Waals surface area (Å²) in [6.07, 6.45) is 5.29. The minimum Gasteiger partial charge on any atom is -0.316 e. The van der Waals surface area contributed by atoms with Gasteiger partial charge in [-0.15, -0.1) is 0 Å². The van der Waals surface area contributed by atoms with E-state index in [1.54, 1.807) is 0 Å². The van der Waals surface area contributed by atoms with E-state index in [2.05, 4.69) is 44.8 Å². The lowest BCUT2D eigenvalue weighted by Gasteiger charge is -2.43. The van der Waals surface area contributed by atoms with Gasteiger partial charge in [0.15, 0.2) is 0 Å². The van der Waals surface area contributed by atoms with Crippen LogP contribution < -0.4 is 5.32 Å². The molecule has 1 saturated heterocycles. The second-order valence-electron chi connectivity index (χ2n) is 6.67. The average molecular weight is 254 g/mol. The van der Waals surface area contributed by atoms with Gasteiger partial charge in [-0.1, -0.05) is 27.7 Å². The van der Waals surface area contributed by atoms with Crippen LogP contribution >= 0.6 is 0 Å². The molecule has 0 saturated carbocycles. The highest BCUT2D eigenvalue weighted by Gasteiger charge is 2.31. The quantitative estimate of drug-likeness (QED) is 0.699. The lowest BCUT2D eigenvalue weighted by molar-refractivity contribution is 0.0637. The van der Waals surface area contributed by atoms with E-state index in [0.717, 1.165) is 25.0 Å². The number of rotatable bonds is 7. The molecule has 1 aliphatic rings. The molecule has 1 rings (SSSR count). The SMILES string of the molecule is CCCNCC(C)(CC)CN1CCCC(C)C1C.